The van der Waals surface area contributed by atoms with Crippen LogP contribution in [0.25, 0.3) is 0 Å². The Morgan fingerprint density at radius 3 is 2.33 bits per heavy atom. The van der Waals surface area contributed by atoms with Crippen LogP contribution in [0.2, 0.25) is 13.1 Å². The summed E-state index contributed by atoms with van der Waals surface area (Å²) in [5.74, 6) is 0. The normalized spacial score (nSPS) is 10.8. The van der Waals surface area contributed by atoms with Gasteiger partial charge in [-0.25, -0.2) is 4.79 Å². The lowest BCUT2D eigenvalue weighted by molar-refractivity contribution is 0.444. The van der Waals surface area contributed by atoms with Gasteiger partial charge in [-0.05, 0) is 18.3 Å². The zero-order valence-corrected chi connectivity index (χ0v) is 8.20. The van der Waals surface area contributed by atoms with Crippen LogP contribution in [0.15, 0.2) is 30.3 Å². The molecule has 12 heavy (non-hydrogen) atoms. The lowest BCUT2D eigenvalue weighted by Gasteiger charge is -2.18. The van der Waals surface area contributed by atoms with Gasteiger partial charge in [0.1, 0.15) is 0 Å². The number of hydrogen-bond acceptors (Lipinski definition) is 2. The quantitative estimate of drug-likeness (QED) is 0.651. The summed E-state index contributed by atoms with van der Waals surface area (Å²) in [6.07, 6.45) is 0. The van der Waals surface area contributed by atoms with E-state index >= 15 is 0 Å². The summed E-state index contributed by atoms with van der Waals surface area (Å²) in [5, 5.41) is 1.10. The molecule has 3 heteroatoms. The number of benzene rings is 1. The molecule has 0 atom stereocenters. The van der Waals surface area contributed by atoms with Crippen molar-refractivity contribution in [2.24, 2.45) is 0 Å². The molecule has 0 heterocycles. The SMILES string of the molecule is C[Si](C)(O[C]=O)c1ccccc1. The molecule has 1 radical (unpaired) electrons. The van der Waals surface area contributed by atoms with Crippen LogP contribution in [0.5, 0.6) is 0 Å². The van der Waals surface area contributed by atoms with Crippen molar-refractivity contribution < 1.29 is 9.22 Å². The van der Waals surface area contributed by atoms with Gasteiger partial charge < -0.3 is 4.43 Å². The first-order chi connectivity index (χ1) is 5.67. The fourth-order valence-electron chi connectivity index (χ4n) is 1.00. The smallest absolute Gasteiger partial charge is 0.403 e. The van der Waals surface area contributed by atoms with Gasteiger partial charge >= 0.3 is 6.47 Å². The molecule has 2 nitrogen and oxygen atoms in total. The maximum Gasteiger partial charge on any atom is 0.403 e. The zero-order valence-electron chi connectivity index (χ0n) is 7.20. The van der Waals surface area contributed by atoms with Crippen LogP contribution in [0.3, 0.4) is 0 Å². The lowest BCUT2D eigenvalue weighted by Crippen LogP contribution is -2.44. The summed E-state index contributed by atoms with van der Waals surface area (Å²) in [6, 6.07) is 9.78. The fraction of sp³-hybridized carbons (Fsp3) is 0.222. The molecule has 0 aliphatic heterocycles. The second-order valence-electron chi connectivity index (χ2n) is 3.06. The Kier molecular flexibility index (Phi) is 2.65. The molecule has 0 fully saturated rings. The second kappa shape index (κ2) is 3.54. The molecular weight excluding hydrogens is 168 g/mol. The number of rotatable bonds is 3. The van der Waals surface area contributed by atoms with E-state index < -0.39 is 8.32 Å². The van der Waals surface area contributed by atoms with Gasteiger partial charge in [0.2, 0.25) is 0 Å². The Bertz CT molecular complexity index is 256. The minimum atomic E-state index is -2.00. The van der Waals surface area contributed by atoms with E-state index in [0.29, 0.717) is 0 Å². The van der Waals surface area contributed by atoms with Gasteiger partial charge in [0.15, 0.2) is 0 Å². The highest BCUT2D eigenvalue weighted by Gasteiger charge is 2.26. The molecule has 0 aliphatic rings. The zero-order chi connectivity index (χ0) is 9.03. The summed E-state index contributed by atoms with van der Waals surface area (Å²) >= 11 is 0. The van der Waals surface area contributed by atoms with E-state index in [-0.39, 0.29) is 0 Å². The van der Waals surface area contributed by atoms with E-state index in [0.717, 1.165) is 5.19 Å². The van der Waals surface area contributed by atoms with Crippen LogP contribution < -0.4 is 5.19 Å². The Morgan fingerprint density at radius 1 is 1.25 bits per heavy atom. The van der Waals surface area contributed by atoms with Gasteiger partial charge in [-0.15, -0.1) is 0 Å². The van der Waals surface area contributed by atoms with Crippen LogP contribution in [-0.2, 0) is 9.22 Å². The molecule has 0 spiro atoms. The number of carbonyl (C=O) groups excluding carboxylic acids is 1. The predicted molar refractivity (Wildman–Crippen MR) is 50.3 cm³/mol. The van der Waals surface area contributed by atoms with E-state index in [9.17, 15) is 4.79 Å². The van der Waals surface area contributed by atoms with Gasteiger partial charge in [-0.3, -0.25) is 0 Å². The molecule has 0 aliphatic carbocycles. The van der Waals surface area contributed by atoms with E-state index in [2.05, 4.69) is 0 Å². The van der Waals surface area contributed by atoms with Crippen molar-refractivity contribution in [3.8, 4) is 0 Å². The van der Waals surface area contributed by atoms with Crippen LogP contribution in [-0.4, -0.2) is 14.8 Å². The molecule has 63 valence electrons. The van der Waals surface area contributed by atoms with Crippen molar-refractivity contribution in [2.45, 2.75) is 13.1 Å². The first-order valence-electron chi connectivity index (χ1n) is 3.77. The van der Waals surface area contributed by atoms with Crippen molar-refractivity contribution in [2.75, 3.05) is 0 Å². The maximum atomic E-state index is 10.1. The molecule has 0 bridgehead atoms. The van der Waals surface area contributed by atoms with Gasteiger partial charge in [0.05, 0.1) is 0 Å². The van der Waals surface area contributed by atoms with Crippen molar-refractivity contribution in [1.82, 2.24) is 0 Å². The van der Waals surface area contributed by atoms with Crippen molar-refractivity contribution in [1.29, 1.82) is 0 Å². The van der Waals surface area contributed by atoms with Crippen molar-refractivity contribution in [3.05, 3.63) is 30.3 Å². The topological polar surface area (TPSA) is 26.3 Å². The summed E-state index contributed by atoms with van der Waals surface area (Å²) in [7, 11) is -2.00. The summed E-state index contributed by atoms with van der Waals surface area (Å²) in [6.45, 7) is 5.45. The molecule has 1 aromatic carbocycles. The largest absolute Gasteiger partial charge is 0.507 e. The summed E-state index contributed by atoms with van der Waals surface area (Å²) < 4.78 is 4.95. The molecule has 0 saturated carbocycles. The van der Waals surface area contributed by atoms with E-state index in [1.807, 2.05) is 43.4 Å². The average molecular weight is 179 g/mol. The van der Waals surface area contributed by atoms with Crippen molar-refractivity contribution in [3.63, 3.8) is 0 Å². The first-order valence-corrected chi connectivity index (χ1v) is 6.68. The molecule has 0 N–H and O–H groups in total. The standard InChI is InChI=1S/C9H11O2Si/c1-12(2,11-8-10)9-6-4-3-5-7-9/h3-7H,1-2H3. The fourth-order valence-corrected chi connectivity index (χ4v) is 2.32. The number of hydrogen-bond donors (Lipinski definition) is 0. The van der Waals surface area contributed by atoms with Gasteiger partial charge in [0.25, 0.3) is 8.32 Å². The lowest BCUT2D eigenvalue weighted by atomic mass is 10.4. The Balaban J connectivity index is 2.89. The third-order valence-corrected chi connectivity index (χ3v) is 4.08. The molecule has 1 aromatic rings. The van der Waals surface area contributed by atoms with Crippen LogP contribution in [0.4, 0.5) is 0 Å². The summed E-state index contributed by atoms with van der Waals surface area (Å²) in [5.41, 5.74) is 0. The molecule has 1 rings (SSSR count). The third-order valence-electron chi connectivity index (χ3n) is 1.77. The maximum absolute atomic E-state index is 10.1. The van der Waals surface area contributed by atoms with E-state index in [1.54, 1.807) is 0 Å². The highest BCUT2D eigenvalue weighted by molar-refractivity contribution is 6.85. The monoisotopic (exact) mass is 179 g/mol. The Morgan fingerprint density at radius 2 is 1.83 bits per heavy atom. The van der Waals surface area contributed by atoms with Gasteiger partial charge in [0, 0.05) is 0 Å². The molecule has 0 unspecified atom stereocenters. The molecular formula is C9H11O2Si. The molecule has 0 amide bonds. The average Bonchev–Trinajstić information content (AvgIpc) is 2.06. The second-order valence-corrected chi connectivity index (χ2v) is 6.86. The Labute approximate surface area is 73.3 Å². The van der Waals surface area contributed by atoms with Crippen LogP contribution in [0, 0.1) is 0 Å². The predicted octanol–water partition coefficient (Wildman–Crippen LogP) is 1.18. The highest BCUT2D eigenvalue weighted by Crippen LogP contribution is 2.02. The van der Waals surface area contributed by atoms with E-state index in [4.69, 9.17) is 4.43 Å². The molecule has 0 saturated heterocycles. The minimum Gasteiger partial charge on any atom is -0.507 e. The third kappa shape index (κ3) is 1.95. The van der Waals surface area contributed by atoms with E-state index in [1.165, 1.54) is 6.47 Å². The van der Waals surface area contributed by atoms with Gasteiger partial charge in [-0.2, -0.15) is 0 Å². The highest BCUT2D eigenvalue weighted by atomic mass is 28.4. The van der Waals surface area contributed by atoms with Gasteiger partial charge in [-0.1, -0.05) is 30.3 Å². The summed E-state index contributed by atoms with van der Waals surface area (Å²) in [4.78, 5) is 10.1. The van der Waals surface area contributed by atoms with Crippen LogP contribution >= 0.6 is 0 Å². The minimum absolute atomic E-state index is 1.10. The molecule has 0 aromatic heterocycles. The first kappa shape index (κ1) is 9.00. The van der Waals surface area contributed by atoms with Crippen molar-refractivity contribution >= 4 is 20.0 Å². The Hall–Kier alpha value is -1.09. The van der Waals surface area contributed by atoms with Crippen LogP contribution in [0.1, 0.15) is 0 Å².